The van der Waals surface area contributed by atoms with Gasteiger partial charge in [-0.2, -0.15) is 0 Å². The van der Waals surface area contributed by atoms with Gasteiger partial charge in [-0.05, 0) is 55.8 Å². The van der Waals surface area contributed by atoms with Crippen molar-refractivity contribution in [2.24, 2.45) is 0 Å². The normalized spacial score (nSPS) is 11.6. The van der Waals surface area contributed by atoms with Gasteiger partial charge in [0.25, 0.3) is 0 Å². The van der Waals surface area contributed by atoms with Crippen molar-refractivity contribution in [3.8, 4) is 22.6 Å². The number of pyridine rings is 1. The molecule has 2 heterocycles. The van der Waals surface area contributed by atoms with Gasteiger partial charge in [0, 0.05) is 45.3 Å². The molecule has 0 fully saturated rings. The van der Waals surface area contributed by atoms with Crippen molar-refractivity contribution in [1.29, 1.82) is 0 Å². The Balaban J connectivity index is 1.52. The lowest BCUT2D eigenvalue weighted by Crippen LogP contribution is -2.09. The average Bonchev–Trinajstić information content (AvgIpc) is 3.30. The number of ether oxygens (including phenoxy) is 2. The van der Waals surface area contributed by atoms with Crippen molar-refractivity contribution in [1.82, 2.24) is 4.98 Å². The number of methoxy groups -OCH3 is 2. The van der Waals surface area contributed by atoms with Gasteiger partial charge in [0.15, 0.2) is 0 Å². The van der Waals surface area contributed by atoms with E-state index in [1.165, 1.54) is 0 Å². The quantitative estimate of drug-likeness (QED) is 0.266. The number of aromatic nitrogens is 1. The molecular formula is C30H26N2O4. The minimum atomic E-state index is -0.236. The Morgan fingerprint density at radius 2 is 1.72 bits per heavy atom. The lowest BCUT2D eigenvalue weighted by atomic mass is 9.98. The summed E-state index contributed by atoms with van der Waals surface area (Å²) in [5, 5.41) is 4.79. The van der Waals surface area contributed by atoms with E-state index in [4.69, 9.17) is 13.9 Å². The maximum Gasteiger partial charge on any atom is 0.248 e. The van der Waals surface area contributed by atoms with Gasteiger partial charge >= 0.3 is 0 Å². The number of aryl methyl sites for hydroxylation is 1. The zero-order valence-corrected chi connectivity index (χ0v) is 20.6. The van der Waals surface area contributed by atoms with Crippen LogP contribution in [0.4, 0.5) is 5.69 Å². The van der Waals surface area contributed by atoms with E-state index < -0.39 is 0 Å². The molecule has 6 heteroatoms. The fourth-order valence-corrected chi connectivity index (χ4v) is 4.42. The van der Waals surface area contributed by atoms with Crippen LogP contribution in [0.1, 0.15) is 18.2 Å². The number of fused-ring (bicyclic) bond motifs is 2. The third-order valence-electron chi connectivity index (χ3n) is 6.19. The number of allylic oxidation sites excluding steroid dienone is 1. The molecule has 0 aliphatic carbocycles. The van der Waals surface area contributed by atoms with E-state index in [-0.39, 0.29) is 5.91 Å². The Morgan fingerprint density at radius 3 is 2.53 bits per heavy atom. The molecule has 0 atom stereocenters. The molecule has 0 spiro atoms. The molecule has 5 aromatic rings. The van der Waals surface area contributed by atoms with Crippen LogP contribution in [0, 0.1) is 6.92 Å². The van der Waals surface area contributed by atoms with Gasteiger partial charge in [-0.1, -0.05) is 24.3 Å². The second-order valence-electron chi connectivity index (χ2n) is 8.54. The standard InChI is InChI=1S/C30H26N2O4/c1-18(14-30(33)32-26-10-7-9-25-21(26)13-12-19(2)31-25)22-15-23-24(17-36-29(23)16-28(22)35-4)20-8-5-6-11-27(20)34-3/h5-17H,1-4H3,(H,32,33)/b18-14+. The zero-order valence-electron chi connectivity index (χ0n) is 20.6. The number of hydrogen-bond donors (Lipinski definition) is 1. The fourth-order valence-electron chi connectivity index (χ4n) is 4.42. The lowest BCUT2D eigenvalue weighted by molar-refractivity contribution is -0.111. The van der Waals surface area contributed by atoms with Crippen molar-refractivity contribution in [3.63, 3.8) is 0 Å². The van der Waals surface area contributed by atoms with Crippen LogP contribution in [-0.4, -0.2) is 25.1 Å². The molecule has 1 amide bonds. The molecule has 0 aliphatic heterocycles. The van der Waals surface area contributed by atoms with Gasteiger partial charge in [-0.25, -0.2) is 0 Å². The van der Waals surface area contributed by atoms with E-state index in [0.29, 0.717) is 17.0 Å². The van der Waals surface area contributed by atoms with Gasteiger partial charge in [0.05, 0.1) is 31.7 Å². The number of carbonyl (C=O) groups is 1. The van der Waals surface area contributed by atoms with Crippen LogP contribution in [0.25, 0.3) is 38.6 Å². The first-order valence-electron chi connectivity index (χ1n) is 11.6. The number of anilines is 1. The average molecular weight is 479 g/mol. The second-order valence-corrected chi connectivity index (χ2v) is 8.54. The number of rotatable bonds is 6. The molecule has 1 N–H and O–H groups in total. The highest BCUT2D eigenvalue weighted by Crippen LogP contribution is 2.40. The van der Waals surface area contributed by atoms with E-state index in [9.17, 15) is 4.79 Å². The van der Waals surface area contributed by atoms with Crippen molar-refractivity contribution in [2.75, 3.05) is 19.5 Å². The number of benzene rings is 3. The van der Waals surface area contributed by atoms with Crippen molar-refractivity contribution < 1.29 is 18.7 Å². The summed E-state index contributed by atoms with van der Waals surface area (Å²) in [6.07, 6.45) is 3.29. The third-order valence-corrected chi connectivity index (χ3v) is 6.19. The monoisotopic (exact) mass is 478 g/mol. The summed E-state index contributed by atoms with van der Waals surface area (Å²) in [7, 11) is 3.25. The van der Waals surface area contributed by atoms with E-state index in [1.807, 2.05) is 80.6 Å². The Bertz CT molecular complexity index is 1630. The molecule has 36 heavy (non-hydrogen) atoms. The Kier molecular flexibility index (Phi) is 6.17. The van der Waals surface area contributed by atoms with E-state index in [0.717, 1.165) is 50.0 Å². The maximum absolute atomic E-state index is 13.0. The number of amides is 1. The van der Waals surface area contributed by atoms with E-state index in [1.54, 1.807) is 26.6 Å². The van der Waals surface area contributed by atoms with Crippen molar-refractivity contribution in [2.45, 2.75) is 13.8 Å². The van der Waals surface area contributed by atoms with Gasteiger partial charge in [0.1, 0.15) is 17.1 Å². The third kappa shape index (κ3) is 4.29. The molecule has 2 aromatic heterocycles. The van der Waals surface area contributed by atoms with Crippen LogP contribution in [0.15, 0.2) is 83.5 Å². The largest absolute Gasteiger partial charge is 0.496 e. The van der Waals surface area contributed by atoms with E-state index in [2.05, 4.69) is 10.3 Å². The first kappa shape index (κ1) is 23.2. The first-order chi connectivity index (χ1) is 17.5. The second kappa shape index (κ2) is 9.58. The number of carbonyl (C=O) groups excluding carboxylic acids is 1. The molecular weight excluding hydrogens is 452 g/mol. The highest BCUT2D eigenvalue weighted by Gasteiger charge is 2.17. The molecule has 0 saturated heterocycles. The van der Waals surface area contributed by atoms with Crippen LogP contribution < -0.4 is 14.8 Å². The van der Waals surface area contributed by atoms with Crippen LogP contribution in [0.2, 0.25) is 0 Å². The Morgan fingerprint density at radius 1 is 0.917 bits per heavy atom. The number of furan rings is 1. The molecule has 0 saturated carbocycles. The molecule has 0 unspecified atom stereocenters. The lowest BCUT2D eigenvalue weighted by Gasteiger charge is -2.11. The SMILES string of the molecule is COc1cc2occ(-c3ccccc3OC)c2cc1/C(C)=C/C(=O)Nc1cccc2nc(C)ccc12. The summed E-state index contributed by atoms with van der Waals surface area (Å²) in [4.78, 5) is 17.6. The predicted molar refractivity (Wildman–Crippen MR) is 144 cm³/mol. The molecule has 6 nitrogen and oxygen atoms in total. The number of para-hydroxylation sites is 1. The van der Waals surface area contributed by atoms with Crippen LogP contribution >= 0.6 is 0 Å². The van der Waals surface area contributed by atoms with Gasteiger partial charge < -0.3 is 19.2 Å². The van der Waals surface area contributed by atoms with Gasteiger partial charge in [0.2, 0.25) is 5.91 Å². The minimum Gasteiger partial charge on any atom is -0.496 e. The summed E-state index contributed by atoms with van der Waals surface area (Å²) in [6.45, 7) is 3.83. The summed E-state index contributed by atoms with van der Waals surface area (Å²) >= 11 is 0. The Labute approximate surface area is 209 Å². The minimum absolute atomic E-state index is 0.236. The number of nitrogens with zero attached hydrogens (tertiary/aromatic N) is 1. The Hall–Kier alpha value is -4.58. The smallest absolute Gasteiger partial charge is 0.248 e. The van der Waals surface area contributed by atoms with Crippen LogP contribution in [-0.2, 0) is 4.79 Å². The summed E-state index contributed by atoms with van der Waals surface area (Å²) in [6, 6.07) is 21.2. The fraction of sp³-hybridized carbons (Fsp3) is 0.133. The zero-order chi connectivity index (χ0) is 25.2. The summed E-state index contributed by atoms with van der Waals surface area (Å²) in [5.74, 6) is 1.14. The molecule has 0 bridgehead atoms. The topological polar surface area (TPSA) is 73.6 Å². The number of hydrogen-bond acceptors (Lipinski definition) is 5. The molecule has 180 valence electrons. The summed E-state index contributed by atoms with van der Waals surface area (Å²) in [5.41, 5.74) is 6.55. The predicted octanol–water partition coefficient (Wildman–Crippen LogP) is 7.02. The van der Waals surface area contributed by atoms with Crippen LogP contribution in [0.3, 0.4) is 0 Å². The summed E-state index contributed by atoms with van der Waals surface area (Å²) < 4.78 is 17.0. The molecule has 0 radical (unpaired) electrons. The molecule has 3 aromatic carbocycles. The highest BCUT2D eigenvalue weighted by molar-refractivity contribution is 6.09. The van der Waals surface area contributed by atoms with Gasteiger partial charge in [-0.15, -0.1) is 0 Å². The first-order valence-corrected chi connectivity index (χ1v) is 11.6. The molecule has 5 rings (SSSR count). The molecule has 0 aliphatic rings. The van der Waals surface area contributed by atoms with Crippen LogP contribution in [0.5, 0.6) is 11.5 Å². The number of nitrogens with one attached hydrogen (secondary N) is 1. The van der Waals surface area contributed by atoms with Crippen molar-refractivity contribution >= 4 is 39.0 Å². The maximum atomic E-state index is 13.0. The highest BCUT2D eigenvalue weighted by atomic mass is 16.5. The van der Waals surface area contributed by atoms with Gasteiger partial charge in [-0.3, -0.25) is 9.78 Å². The van der Waals surface area contributed by atoms with E-state index >= 15 is 0 Å². The van der Waals surface area contributed by atoms with Crippen molar-refractivity contribution in [3.05, 3.63) is 90.3 Å².